The molecule has 2 amide bonds. The van der Waals surface area contributed by atoms with E-state index in [1.807, 2.05) is 19.2 Å². The van der Waals surface area contributed by atoms with Crippen molar-refractivity contribution in [2.24, 2.45) is 0 Å². The maximum Gasteiger partial charge on any atom is 0.314 e. The van der Waals surface area contributed by atoms with Gasteiger partial charge in [-0.15, -0.1) is 0 Å². The zero-order chi connectivity index (χ0) is 16.3. The Balaban J connectivity index is 2.09. The highest BCUT2D eigenvalue weighted by Crippen LogP contribution is 2.18. The molecular formula is C16H14F2N2O2. The fourth-order valence-electron chi connectivity index (χ4n) is 1.79. The topological polar surface area (TPSA) is 58.2 Å². The summed E-state index contributed by atoms with van der Waals surface area (Å²) in [6.45, 7) is 3.77. The Morgan fingerprint density at radius 3 is 2.05 bits per heavy atom. The van der Waals surface area contributed by atoms with Crippen molar-refractivity contribution in [3.63, 3.8) is 0 Å². The van der Waals surface area contributed by atoms with Crippen LogP contribution in [0.2, 0.25) is 0 Å². The van der Waals surface area contributed by atoms with Gasteiger partial charge in [0, 0.05) is 5.69 Å². The van der Waals surface area contributed by atoms with Gasteiger partial charge in [0.1, 0.15) is 17.3 Å². The van der Waals surface area contributed by atoms with Crippen molar-refractivity contribution in [3.8, 4) is 0 Å². The lowest BCUT2D eigenvalue weighted by molar-refractivity contribution is -0.133. The summed E-state index contributed by atoms with van der Waals surface area (Å²) in [5.41, 5.74) is 1.76. The van der Waals surface area contributed by atoms with Crippen LogP contribution in [-0.2, 0) is 9.59 Å². The van der Waals surface area contributed by atoms with Crippen molar-refractivity contribution in [2.75, 3.05) is 10.6 Å². The molecule has 6 heteroatoms. The second-order valence-electron chi connectivity index (χ2n) is 4.80. The largest absolute Gasteiger partial charge is 0.318 e. The van der Waals surface area contributed by atoms with E-state index in [0.717, 1.165) is 29.3 Å². The van der Waals surface area contributed by atoms with E-state index < -0.39 is 29.1 Å². The van der Waals surface area contributed by atoms with Gasteiger partial charge in [0.05, 0.1) is 0 Å². The van der Waals surface area contributed by atoms with E-state index in [0.29, 0.717) is 5.69 Å². The van der Waals surface area contributed by atoms with Crippen LogP contribution < -0.4 is 10.6 Å². The second kappa shape index (κ2) is 6.34. The van der Waals surface area contributed by atoms with Gasteiger partial charge in [-0.05, 0) is 49.2 Å². The van der Waals surface area contributed by atoms with Crippen molar-refractivity contribution < 1.29 is 18.4 Å². The zero-order valence-corrected chi connectivity index (χ0v) is 12.0. The molecule has 0 unspecified atom stereocenters. The van der Waals surface area contributed by atoms with Crippen LogP contribution in [0.4, 0.5) is 20.2 Å². The minimum atomic E-state index is -1.15. The number of aryl methyl sites for hydroxylation is 2. The first-order chi connectivity index (χ1) is 10.4. The maximum atomic E-state index is 13.4. The van der Waals surface area contributed by atoms with Crippen molar-refractivity contribution in [1.82, 2.24) is 0 Å². The molecule has 0 spiro atoms. The minimum absolute atomic E-state index is 0.428. The van der Waals surface area contributed by atoms with Gasteiger partial charge in [0.15, 0.2) is 0 Å². The van der Waals surface area contributed by atoms with Crippen LogP contribution in [0.5, 0.6) is 0 Å². The van der Waals surface area contributed by atoms with Gasteiger partial charge in [0.2, 0.25) is 0 Å². The summed E-state index contributed by atoms with van der Waals surface area (Å²) in [5.74, 6) is -4.06. The Bertz CT molecular complexity index is 725. The normalized spacial score (nSPS) is 10.2. The fraction of sp³-hybridized carbons (Fsp3) is 0.125. The SMILES string of the molecule is Cc1ccc(NC(=O)C(=O)Nc2c(F)cccc2F)cc1C. The van der Waals surface area contributed by atoms with Crippen LogP contribution in [0.3, 0.4) is 0 Å². The van der Waals surface area contributed by atoms with Crippen molar-refractivity contribution in [3.05, 3.63) is 59.2 Å². The Labute approximate surface area is 126 Å². The monoisotopic (exact) mass is 304 g/mol. The predicted octanol–water partition coefficient (Wildman–Crippen LogP) is 3.16. The molecule has 4 nitrogen and oxygen atoms in total. The number of hydrogen-bond donors (Lipinski definition) is 2. The van der Waals surface area contributed by atoms with E-state index in [2.05, 4.69) is 5.32 Å². The first-order valence-corrected chi connectivity index (χ1v) is 6.52. The number of carbonyl (C=O) groups excluding carboxylic acids is 2. The Morgan fingerprint density at radius 1 is 0.864 bits per heavy atom. The average molecular weight is 304 g/mol. The Morgan fingerprint density at radius 2 is 1.45 bits per heavy atom. The molecular weight excluding hydrogens is 290 g/mol. The van der Waals surface area contributed by atoms with E-state index in [4.69, 9.17) is 0 Å². The van der Waals surface area contributed by atoms with Crippen LogP contribution in [-0.4, -0.2) is 11.8 Å². The van der Waals surface area contributed by atoms with Gasteiger partial charge in [-0.3, -0.25) is 9.59 Å². The molecule has 0 bridgehead atoms. The molecule has 2 N–H and O–H groups in total. The summed E-state index contributed by atoms with van der Waals surface area (Å²) in [6, 6.07) is 8.26. The first kappa shape index (κ1) is 15.6. The molecule has 0 heterocycles. The molecule has 0 atom stereocenters. The van der Waals surface area contributed by atoms with E-state index in [9.17, 15) is 18.4 Å². The van der Waals surface area contributed by atoms with Crippen molar-refractivity contribution in [2.45, 2.75) is 13.8 Å². The highest BCUT2D eigenvalue weighted by atomic mass is 19.1. The number of halogens is 2. The third-order valence-corrected chi connectivity index (χ3v) is 3.17. The molecule has 0 saturated carbocycles. The number of rotatable bonds is 2. The fourth-order valence-corrected chi connectivity index (χ4v) is 1.79. The van der Waals surface area contributed by atoms with E-state index >= 15 is 0 Å². The average Bonchev–Trinajstić information content (AvgIpc) is 2.46. The first-order valence-electron chi connectivity index (χ1n) is 6.52. The van der Waals surface area contributed by atoms with Gasteiger partial charge < -0.3 is 10.6 Å². The molecule has 0 aliphatic rings. The maximum absolute atomic E-state index is 13.4. The van der Waals surface area contributed by atoms with Crippen LogP contribution >= 0.6 is 0 Å². The van der Waals surface area contributed by atoms with Gasteiger partial charge in [-0.1, -0.05) is 12.1 Å². The molecule has 0 aromatic heterocycles. The lowest BCUT2D eigenvalue weighted by Gasteiger charge is -2.09. The molecule has 0 aliphatic heterocycles. The van der Waals surface area contributed by atoms with Crippen molar-refractivity contribution >= 4 is 23.2 Å². The van der Waals surface area contributed by atoms with E-state index in [1.165, 1.54) is 0 Å². The quantitative estimate of drug-likeness (QED) is 0.837. The van der Waals surface area contributed by atoms with Gasteiger partial charge in [0.25, 0.3) is 0 Å². The van der Waals surface area contributed by atoms with Gasteiger partial charge in [-0.25, -0.2) is 8.78 Å². The Kier molecular flexibility index (Phi) is 4.50. The van der Waals surface area contributed by atoms with Gasteiger partial charge >= 0.3 is 11.8 Å². The lowest BCUT2D eigenvalue weighted by atomic mass is 10.1. The smallest absolute Gasteiger partial charge is 0.314 e. The lowest BCUT2D eigenvalue weighted by Crippen LogP contribution is -2.29. The van der Waals surface area contributed by atoms with Gasteiger partial charge in [-0.2, -0.15) is 0 Å². The molecule has 0 saturated heterocycles. The third kappa shape index (κ3) is 3.46. The summed E-state index contributed by atoms with van der Waals surface area (Å²) in [4.78, 5) is 23.5. The van der Waals surface area contributed by atoms with Crippen LogP contribution in [0.25, 0.3) is 0 Å². The zero-order valence-electron chi connectivity index (χ0n) is 12.0. The number of nitrogens with one attached hydrogen (secondary N) is 2. The molecule has 114 valence electrons. The second-order valence-corrected chi connectivity index (χ2v) is 4.80. The minimum Gasteiger partial charge on any atom is -0.318 e. The molecule has 2 aromatic rings. The number of anilines is 2. The molecule has 0 fully saturated rings. The summed E-state index contributed by atoms with van der Waals surface area (Å²) < 4.78 is 26.8. The van der Waals surface area contributed by atoms with Crippen LogP contribution in [0, 0.1) is 25.5 Å². The number of benzene rings is 2. The highest BCUT2D eigenvalue weighted by Gasteiger charge is 2.18. The third-order valence-electron chi connectivity index (χ3n) is 3.17. The van der Waals surface area contributed by atoms with E-state index in [1.54, 1.807) is 18.2 Å². The predicted molar refractivity (Wildman–Crippen MR) is 79.5 cm³/mol. The van der Waals surface area contributed by atoms with E-state index in [-0.39, 0.29) is 0 Å². The molecule has 0 radical (unpaired) electrons. The summed E-state index contributed by atoms with van der Waals surface area (Å²) in [7, 11) is 0. The van der Waals surface area contributed by atoms with Crippen LogP contribution in [0.15, 0.2) is 36.4 Å². The standard InChI is InChI=1S/C16H14F2N2O2/c1-9-6-7-11(8-10(9)2)19-15(21)16(22)20-14-12(17)4-3-5-13(14)18/h3-8H,1-2H3,(H,19,21)(H,20,22). The summed E-state index contributed by atoms with van der Waals surface area (Å²) >= 11 is 0. The Hall–Kier alpha value is -2.76. The number of hydrogen-bond acceptors (Lipinski definition) is 2. The molecule has 0 aliphatic carbocycles. The molecule has 22 heavy (non-hydrogen) atoms. The highest BCUT2D eigenvalue weighted by molar-refractivity contribution is 6.43. The van der Waals surface area contributed by atoms with Crippen LogP contribution in [0.1, 0.15) is 11.1 Å². The number of para-hydroxylation sites is 1. The molecule has 2 rings (SSSR count). The van der Waals surface area contributed by atoms with Crippen molar-refractivity contribution in [1.29, 1.82) is 0 Å². The number of carbonyl (C=O) groups is 2. The summed E-state index contributed by atoms with van der Waals surface area (Å²) in [5, 5.41) is 4.30. The molecule has 2 aromatic carbocycles. The number of amides is 2. The summed E-state index contributed by atoms with van der Waals surface area (Å²) in [6.07, 6.45) is 0.